The van der Waals surface area contributed by atoms with E-state index in [9.17, 15) is 0 Å². The Morgan fingerprint density at radius 1 is 1.10 bits per heavy atom. The third-order valence-corrected chi connectivity index (χ3v) is 4.13. The highest BCUT2D eigenvalue weighted by atomic mass is 16.5. The molecule has 1 heterocycles. The van der Waals surface area contributed by atoms with Gasteiger partial charge in [0.15, 0.2) is 0 Å². The summed E-state index contributed by atoms with van der Waals surface area (Å²) in [5.41, 5.74) is 5.12. The van der Waals surface area contributed by atoms with Crippen LogP contribution in [0.15, 0.2) is 42.5 Å². The number of nitrogens with one attached hydrogen (secondary N) is 1. The van der Waals surface area contributed by atoms with Crippen molar-refractivity contribution in [3.05, 3.63) is 59.2 Å². The molecule has 0 saturated carbocycles. The molecule has 2 aromatic carbocycles. The second kappa shape index (κ2) is 5.10. The number of fused-ring (bicyclic) bond motifs is 1. The molecule has 0 fully saturated rings. The third-order valence-electron chi connectivity index (χ3n) is 4.13. The number of aryl methyl sites for hydroxylation is 1. The fourth-order valence-corrected chi connectivity index (χ4v) is 2.76. The van der Waals surface area contributed by atoms with Crippen LogP contribution in [-0.4, -0.2) is 6.54 Å². The van der Waals surface area contributed by atoms with Crippen LogP contribution in [0.3, 0.4) is 0 Å². The maximum Gasteiger partial charge on any atom is 0.143 e. The molecule has 21 heavy (non-hydrogen) atoms. The van der Waals surface area contributed by atoms with Crippen molar-refractivity contribution in [2.75, 3.05) is 11.9 Å². The van der Waals surface area contributed by atoms with E-state index in [0.29, 0.717) is 0 Å². The van der Waals surface area contributed by atoms with Gasteiger partial charge in [-0.1, -0.05) is 51.1 Å². The number of rotatable bonds is 1. The average Bonchev–Trinajstić information content (AvgIpc) is 2.46. The van der Waals surface area contributed by atoms with Gasteiger partial charge in [0.2, 0.25) is 0 Å². The quantitative estimate of drug-likeness (QED) is 0.807. The highest BCUT2D eigenvalue weighted by Gasteiger charge is 2.23. The summed E-state index contributed by atoms with van der Waals surface area (Å²) in [6.45, 7) is 9.64. The summed E-state index contributed by atoms with van der Waals surface area (Å²) in [5, 5.41) is 3.53. The Morgan fingerprint density at radius 2 is 1.86 bits per heavy atom. The van der Waals surface area contributed by atoms with E-state index >= 15 is 0 Å². The molecule has 2 aromatic rings. The number of hydrogen-bond acceptors (Lipinski definition) is 2. The molecule has 3 rings (SSSR count). The zero-order valence-corrected chi connectivity index (χ0v) is 13.2. The van der Waals surface area contributed by atoms with Gasteiger partial charge in [-0.15, -0.1) is 0 Å². The predicted molar refractivity (Wildman–Crippen MR) is 88.2 cm³/mol. The molecule has 1 atom stereocenters. The Bertz CT molecular complexity index is 655. The Hall–Kier alpha value is -1.96. The van der Waals surface area contributed by atoms with E-state index < -0.39 is 0 Å². The van der Waals surface area contributed by atoms with E-state index in [4.69, 9.17) is 4.74 Å². The molecule has 0 radical (unpaired) electrons. The number of hydrogen-bond donors (Lipinski definition) is 1. The SMILES string of the molecule is Cc1ccccc1C1CNc2cc(C(C)(C)C)ccc2O1. The van der Waals surface area contributed by atoms with Crippen molar-refractivity contribution in [3.63, 3.8) is 0 Å². The molecule has 0 amide bonds. The van der Waals surface area contributed by atoms with Crippen LogP contribution in [0.4, 0.5) is 5.69 Å². The molecule has 2 heteroatoms. The fourth-order valence-electron chi connectivity index (χ4n) is 2.76. The Balaban J connectivity index is 1.89. The molecule has 0 aliphatic carbocycles. The van der Waals surface area contributed by atoms with E-state index in [1.165, 1.54) is 16.7 Å². The molecular weight excluding hydrogens is 258 g/mol. The van der Waals surface area contributed by atoms with Gasteiger partial charge in [-0.3, -0.25) is 0 Å². The normalized spacial score (nSPS) is 17.6. The van der Waals surface area contributed by atoms with E-state index in [0.717, 1.165) is 18.0 Å². The van der Waals surface area contributed by atoms with Crippen LogP contribution in [0.2, 0.25) is 0 Å². The highest BCUT2D eigenvalue weighted by Crippen LogP contribution is 2.37. The van der Waals surface area contributed by atoms with Gasteiger partial charge >= 0.3 is 0 Å². The molecule has 110 valence electrons. The van der Waals surface area contributed by atoms with Gasteiger partial charge in [-0.05, 0) is 41.2 Å². The molecule has 0 bridgehead atoms. The summed E-state index contributed by atoms with van der Waals surface area (Å²) in [5.74, 6) is 0.947. The van der Waals surface area contributed by atoms with Gasteiger partial charge in [0.05, 0.1) is 12.2 Å². The molecule has 0 aromatic heterocycles. The van der Waals surface area contributed by atoms with Crippen molar-refractivity contribution in [2.24, 2.45) is 0 Å². The first-order chi connectivity index (χ1) is 9.95. The summed E-state index contributed by atoms with van der Waals surface area (Å²) in [7, 11) is 0. The lowest BCUT2D eigenvalue weighted by Crippen LogP contribution is -2.24. The fraction of sp³-hybridized carbons (Fsp3) is 0.368. The molecular formula is C19H23NO. The monoisotopic (exact) mass is 281 g/mol. The minimum absolute atomic E-state index is 0.0826. The van der Waals surface area contributed by atoms with Crippen molar-refractivity contribution < 1.29 is 4.74 Å². The van der Waals surface area contributed by atoms with Crippen molar-refractivity contribution in [1.29, 1.82) is 0 Å². The summed E-state index contributed by atoms with van der Waals surface area (Å²) in [6, 6.07) is 14.9. The number of benzene rings is 2. The van der Waals surface area contributed by atoms with Crippen LogP contribution in [0, 0.1) is 6.92 Å². The maximum absolute atomic E-state index is 6.20. The summed E-state index contributed by atoms with van der Waals surface area (Å²) >= 11 is 0. The van der Waals surface area contributed by atoms with Crippen LogP contribution in [-0.2, 0) is 5.41 Å². The number of anilines is 1. The highest BCUT2D eigenvalue weighted by molar-refractivity contribution is 5.61. The lowest BCUT2D eigenvalue weighted by atomic mass is 9.86. The standard InChI is InChI=1S/C19H23NO/c1-13-7-5-6-8-15(13)18-12-20-16-11-14(19(2,3)4)9-10-17(16)21-18/h5-11,18,20H,12H2,1-4H3. The van der Waals surface area contributed by atoms with E-state index in [-0.39, 0.29) is 11.5 Å². The first kappa shape index (κ1) is 14.0. The lowest BCUT2D eigenvalue weighted by Gasteiger charge is -2.30. The van der Waals surface area contributed by atoms with Gasteiger partial charge in [-0.2, -0.15) is 0 Å². The van der Waals surface area contributed by atoms with Crippen molar-refractivity contribution in [2.45, 2.75) is 39.2 Å². The summed E-state index contributed by atoms with van der Waals surface area (Å²) in [4.78, 5) is 0. The smallest absolute Gasteiger partial charge is 0.143 e. The lowest BCUT2D eigenvalue weighted by molar-refractivity contribution is 0.209. The van der Waals surface area contributed by atoms with E-state index in [2.05, 4.69) is 75.5 Å². The van der Waals surface area contributed by atoms with Gasteiger partial charge in [0.1, 0.15) is 11.9 Å². The van der Waals surface area contributed by atoms with Crippen LogP contribution in [0.5, 0.6) is 5.75 Å². The van der Waals surface area contributed by atoms with E-state index in [1.54, 1.807) is 0 Å². The Morgan fingerprint density at radius 3 is 2.57 bits per heavy atom. The van der Waals surface area contributed by atoms with Crippen LogP contribution in [0.1, 0.15) is 43.6 Å². The van der Waals surface area contributed by atoms with Gasteiger partial charge in [0.25, 0.3) is 0 Å². The summed E-state index contributed by atoms with van der Waals surface area (Å²) in [6.07, 6.45) is 0.0826. The second-order valence-electron chi connectivity index (χ2n) is 6.80. The molecule has 1 aliphatic rings. The van der Waals surface area contributed by atoms with Crippen LogP contribution >= 0.6 is 0 Å². The van der Waals surface area contributed by atoms with Crippen LogP contribution in [0.25, 0.3) is 0 Å². The zero-order valence-electron chi connectivity index (χ0n) is 13.2. The van der Waals surface area contributed by atoms with Gasteiger partial charge < -0.3 is 10.1 Å². The first-order valence-electron chi connectivity index (χ1n) is 7.56. The minimum atomic E-state index is 0.0826. The predicted octanol–water partition coefficient (Wildman–Crippen LogP) is 4.84. The Kier molecular flexibility index (Phi) is 3.40. The van der Waals surface area contributed by atoms with E-state index in [1.807, 2.05) is 0 Å². The molecule has 0 saturated heterocycles. The topological polar surface area (TPSA) is 21.3 Å². The third kappa shape index (κ3) is 2.76. The van der Waals surface area contributed by atoms with Gasteiger partial charge in [0, 0.05) is 0 Å². The van der Waals surface area contributed by atoms with Crippen molar-refractivity contribution >= 4 is 5.69 Å². The van der Waals surface area contributed by atoms with Gasteiger partial charge in [-0.25, -0.2) is 0 Å². The molecule has 0 spiro atoms. The average molecular weight is 281 g/mol. The van der Waals surface area contributed by atoms with Crippen molar-refractivity contribution in [3.8, 4) is 5.75 Å². The Labute approximate surface area is 127 Å². The first-order valence-corrected chi connectivity index (χ1v) is 7.56. The van der Waals surface area contributed by atoms with Crippen molar-refractivity contribution in [1.82, 2.24) is 0 Å². The molecule has 2 nitrogen and oxygen atoms in total. The largest absolute Gasteiger partial charge is 0.482 e. The molecule has 1 unspecified atom stereocenters. The number of ether oxygens (including phenoxy) is 1. The second-order valence-corrected chi connectivity index (χ2v) is 6.80. The summed E-state index contributed by atoms with van der Waals surface area (Å²) < 4.78 is 6.20. The van der Waals surface area contributed by atoms with Crippen LogP contribution < -0.4 is 10.1 Å². The maximum atomic E-state index is 6.20. The molecule has 1 N–H and O–H groups in total. The zero-order chi connectivity index (χ0) is 15.0. The molecule has 1 aliphatic heterocycles. The minimum Gasteiger partial charge on any atom is -0.482 e.